The van der Waals surface area contributed by atoms with Crippen LogP contribution in [-0.4, -0.2) is 49.2 Å². The lowest BCUT2D eigenvalue weighted by molar-refractivity contribution is 0.0690. The summed E-state index contributed by atoms with van der Waals surface area (Å²) in [6.45, 7) is 4.41. The lowest BCUT2D eigenvalue weighted by Gasteiger charge is -2.49. The van der Waals surface area contributed by atoms with Crippen molar-refractivity contribution in [2.24, 2.45) is 0 Å². The molecule has 26 heavy (non-hydrogen) atoms. The minimum atomic E-state index is -0.0741. The van der Waals surface area contributed by atoms with Gasteiger partial charge in [0, 0.05) is 25.2 Å². The Labute approximate surface area is 154 Å². The van der Waals surface area contributed by atoms with Gasteiger partial charge in [0.1, 0.15) is 0 Å². The second kappa shape index (κ2) is 7.48. The summed E-state index contributed by atoms with van der Waals surface area (Å²) in [4.78, 5) is 15.3. The Bertz CT molecular complexity index is 747. The molecule has 136 valence electrons. The molecule has 0 bridgehead atoms. The number of piperazine rings is 1. The minimum absolute atomic E-state index is 0.0109. The van der Waals surface area contributed by atoms with Gasteiger partial charge in [0.2, 0.25) is 0 Å². The van der Waals surface area contributed by atoms with Crippen molar-refractivity contribution in [2.75, 3.05) is 38.0 Å². The van der Waals surface area contributed by atoms with Crippen LogP contribution in [0.1, 0.15) is 12.8 Å². The number of amides is 2. The number of hydrogen-bond acceptors (Lipinski definition) is 3. The van der Waals surface area contributed by atoms with Crippen LogP contribution < -0.4 is 16.0 Å². The van der Waals surface area contributed by atoms with Crippen molar-refractivity contribution in [3.8, 4) is 11.1 Å². The van der Waals surface area contributed by atoms with Gasteiger partial charge in [-0.25, -0.2) is 4.79 Å². The second-order valence-corrected chi connectivity index (χ2v) is 7.14. The van der Waals surface area contributed by atoms with Crippen LogP contribution in [-0.2, 0) is 0 Å². The molecule has 4 rings (SSSR count). The Balaban J connectivity index is 1.58. The normalized spacial score (nSPS) is 19.3. The maximum atomic E-state index is 13.2. The molecule has 0 aromatic heterocycles. The maximum Gasteiger partial charge on any atom is 0.322 e. The van der Waals surface area contributed by atoms with Gasteiger partial charge in [-0.2, -0.15) is 0 Å². The zero-order valence-electron chi connectivity index (χ0n) is 15.0. The van der Waals surface area contributed by atoms with E-state index in [1.165, 1.54) is 0 Å². The van der Waals surface area contributed by atoms with Gasteiger partial charge >= 0.3 is 6.03 Å². The molecule has 3 N–H and O–H groups in total. The molecule has 2 aliphatic rings. The summed E-state index contributed by atoms with van der Waals surface area (Å²) in [6.07, 6.45) is 1.99. The summed E-state index contributed by atoms with van der Waals surface area (Å²) < 4.78 is 0. The van der Waals surface area contributed by atoms with E-state index < -0.39 is 0 Å². The average Bonchev–Trinajstić information content (AvgIpc) is 2.70. The highest BCUT2D eigenvalue weighted by molar-refractivity contribution is 5.95. The molecule has 2 amide bonds. The molecule has 0 unspecified atom stereocenters. The van der Waals surface area contributed by atoms with Crippen LogP contribution in [0.25, 0.3) is 11.1 Å². The Morgan fingerprint density at radius 3 is 2.46 bits per heavy atom. The first-order valence-electron chi connectivity index (χ1n) is 9.43. The zero-order chi connectivity index (χ0) is 17.8. The van der Waals surface area contributed by atoms with Crippen LogP contribution in [0, 0.1) is 0 Å². The first-order valence-corrected chi connectivity index (χ1v) is 9.43. The van der Waals surface area contributed by atoms with Gasteiger partial charge in [-0.1, -0.05) is 48.5 Å². The number of anilines is 1. The highest BCUT2D eigenvalue weighted by Crippen LogP contribution is 2.31. The lowest BCUT2D eigenvalue weighted by Crippen LogP contribution is -2.66. The van der Waals surface area contributed by atoms with Crippen molar-refractivity contribution in [1.82, 2.24) is 15.5 Å². The number of nitrogens with one attached hydrogen (secondary N) is 3. The Hall–Kier alpha value is -2.37. The van der Waals surface area contributed by atoms with E-state index >= 15 is 0 Å². The summed E-state index contributed by atoms with van der Waals surface area (Å²) >= 11 is 0. The summed E-state index contributed by atoms with van der Waals surface area (Å²) in [5.41, 5.74) is 2.96. The van der Waals surface area contributed by atoms with Gasteiger partial charge in [-0.3, -0.25) is 0 Å². The van der Waals surface area contributed by atoms with Crippen LogP contribution in [0.15, 0.2) is 54.6 Å². The van der Waals surface area contributed by atoms with Crippen LogP contribution in [0.2, 0.25) is 0 Å². The number of para-hydroxylation sites is 1. The molecule has 2 fully saturated rings. The van der Waals surface area contributed by atoms with E-state index in [-0.39, 0.29) is 11.6 Å². The van der Waals surface area contributed by atoms with E-state index in [4.69, 9.17) is 0 Å². The number of hydrogen-bond donors (Lipinski definition) is 3. The largest absolute Gasteiger partial charge is 0.322 e. The van der Waals surface area contributed by atoms with Gasteiger partial charge in [0.15, 0.2) is 0 Å². The molecular formula is C21H26N4O. The summed E-state index contributed by atoms with van der Waals surface area (Å²) in [5.74, 6) is 0. The third kappa shape index (κ3) is 3.32. The Morgan fingerprint density at radius 1 is 0.923 bits per heavy atom. The quantitative estimate of drug-likeness (QED) is 0.781. The monoisotopic (exact) mass is 350 g/mol. The number of benzene rings is 2. The van der Waals surface area contributed by atoms with Gasteiger partial charge in [-0.15, -0.1) is 0 Å². The van der Waals surface area contributed by atoms with Crippen LogP contribution in [0.5, 0.6) is 0 Å². The third-order valence-electron chi connectivity index (χ3n) is 5.57. The number of urea groups is 1. The molecule has 1 spiro atoms. The first-order chi connectivity index (χ1) is 12.8. The highest BCUT2D eigenvalue weighted by Gasteiger charge is 2.42. The maximum absolute atomic E-state index is 13.2. The zero-order valence-corrected chi connectivity index (χ0v) is 15.0. The van der Waals surface area contributed by atoms with Crippen molar-refractivity contribution in [2.45, 2.75) is 18.4 Å². The highest BCUT2D eigenvalue weighted by atomic mass is 16.2. The molecule has 0 saturated carbocycles. The molecule has 2 aromatic rings. The Morgan fingerprint density at radius 2 is 1.65 bits per heavy atom. The molecular weight excluding hydrogens is 324 g/mol. The molecule has 2 saturated heterocycles. The van der Waals surface area contributed by atoms with Gasteiger partial charge < -0.3 is 20.9 Å². The standard InChI is InChI=1S/C21H26N4O/c26-20(25-15-14-23-16-21(25)10-12-22-13-11-21)24-19-9-5-4-8-18(19)17-6-2-1-3-7-17/h1-9,22-23H,10-16H2,(H,24,26). The van der Waals surface area contributed by atoms with Gasteiger partial charge in [-0.05, 0) is 37.6 Å². The number of carbonyl (C=O) groups is 1. The Kier molecular flexibility index (Phi) is 4.91. The SMILES string of the molecule is O=C(Nc1ccccc1-c1ccccc1)N1CCNCC12CCNCC2. The molecule has 2 heterocycles. The fourth-order valence-corrected chi connectivity index (χ4v) is 4.14. The van der Waals surface area contributed by atoms with E-state index in [0.717, 1.165) is 62.4 Å². The second-order valence-electron chi connectivity index (χ2n) is 7.14. The summed E-state index contributed by atoms with van der Waals surface area (Å²) in [6, 6.07) is 18.2. The van der Waals surface area contributed by atoms with E-state index in [1.54, 1.807) is 0 Å². The van der Waals surface area contributed by atoms with Crippen LogP contribution >= 0.6 is 0 Å². The van der Waals surface area contributed by atoms with Gasteiger partial charge in [0.05, 0.1) is 11.2 Å². The van der Waals surface area contributed by atoms with Crippen LogP contribution in [0.3, 0.4) is 0 Å². The molecule has 2 aromatic carbocycles. The van der Waals surface area contributed by atoms with Crippen molar-refractivity contribution in [1.29, 1.82) is 0 Å². The van der Waals surface area contributed by atoms with Crippen molar-refractivity contribution in [3.63, 3.8) is 0 Å². The number of carbonyl (C=O) groups excluding carboxylic acids is 1. The van der Waals surface area contributed by atoms with E-state index in [0.29, 0.717) is 0 Å². The molecule has 0 radical (unpaired) electrons. The van der Waals surface area contributed by atoms with Crippen molar-refractivity contribution >= 4 is 11.7 Å². The van der Waals surface area contributed by atoms with Gasteiger partial charge in [0.25, 0.3) is 0 Å². The predicted octanol–water partition coefficient (Wildman–Crippen LogP) is 2.91. The molecule has 5 heteroatoms. The lowest BCUT2D eigenvalue weighted by atomic mass is 9.85. The fraction of sp³-hybridized carbons (Fsp3) is 0.381. The van der Waals surface area contributed by atoms with Crippen molar-refractivity contribution < 1.29 is 4.79 Å². The van der Waals surface area contributed by atoms with E-state index in [1.807, 2.05) is 36.4 Å². The summed E-state index contributed by atoms with van der Waals surface area (Å²) in [7, 11) is 0. The minimum Gasteiger partial charge on any atom is -0.317 e. The van der Waals surface area contributed by atoms with Crippen molar-refractivity contribution in [3.05, 3.63) is 54.6 Å². The average molecular weight is 350 g/mol. The van der Waals surface area contributed by atoms with E-state index in [9.17, 15) is 4.79 Å². The molecule has 5 nitrogen and oxygen atoms in total. The summed E-state index contributed by atoms with van der Waals surface area (Å²) in [5, 5.41) is 10.1. The predicted molar refractivity (Wildman–Crippen MR) is 105 cm³/mol. The van der Waals surface area contributed by atoms with Crippen LogP contribution in [0.4, 0.5) is 10.5 Å². The number of piperidine rings is 1. The fourth-order valence-electron chi connectivity index (χ4n) is 4.14. The first kappa shape index (κ1) is 17.1. The number of nitrogens with zero attached hydrogens (tertiary/aromatic N) is 1. The topological polar surface area (TPSA) is 56.4 Å². The number of rotatable bonds is 2. The smallest absolute Gasteiger partial charge is 0.317 e. The molecule has 0 aliphatic carbocycles. The van der Waals surface area contributed by atoms with E-state index in [2.05, 4.69) is 39.0 Å². The molecule has 2 aliphatic heterocycles. The molecule has 0 atom stereocenters. The third-order valence-corrected chi connectivity index (χ3v) is 5.57.